The van der Waals surface area contributed by atoms with Gasteiger partial charge in [0, 0.05) is 19.1 Å². The normalized spacial score (nSPS) is 28.2. The molecule has 0 spiro atoms. The fourth-order valence-electron chi connectivity index (χ4n) is 2.84. The Labute approximate surface area is 104 Å². The summed E-state index contributed by atoms with van der Waals surface area (Å²) in [7, 11) is 0. The number of anilines is 1. The molecule has 3 heterocycles. The quantitative estimate of drug-likeness (QED) is 0.771. The highest BCUT2D eigenvalue weighted by Crippen LogP contribution is 2.30. The molecular formula is C11H15ClN4O. The number of halogens is 1. The third-order valence-corrected chi connectivity index (χ3v) is 4.08. The molecule has 3 rings (SSSR count). The lowest BCUT2D eigenvalue weighted by molar-refractivity contribution is 0.340. The molecule has 6 heteroatoms. The standard InChI is InChI=1S/C11H15ClN4O/c12-10-9(4-14-15-11(10)17)16-5-7-2-1-3-13-8(7)6-16/h4,7-8,13H,1-3,5-6H2,(H,15,17)/t7-,8+/m0/s1. The molecule has 2 atom stereocenters. The topological polar surface area (TPSA) is 61.0 Å². The monoisotopic (exact) mass is 254 g/mol. The van der Waals surface area contributed by atoms with Crippen molar-refractivity contribution in [2.24, 2.45) is 5.92 Å². The summed E-state index contributed by atoms with van der Waals surface area (Å²) < 4.78 is 0. The SMILES string of the molecule is O=c1[nH]ncc(N2C[C@@H]3CCCN[C@@H]3C2)c1Cl. The molecule has 2 aliphatic heterocycles. The van der Waals surface area contributed by atoms with E-state index >= 15 is 0 Å². The Morgan fingerprint density at radius 1 is 1.47 bits per heavy atom. The molecule has 0 amide bonds. The van der Waals surface area contributed by atoms with Crippen LogP contribution in [0.15, 0.2) is 11.0 Å². The summed E-state index contributed by atoms with van der Waals surface area (Å²) in [6.07, 6.45) is 4.12. The summed E-state index contributed by atoms with van der Waals surface area (Å²) in [5.41, 5.74) is 0.443. The van der Waals surface area contributed by atoms with E-state index in [4.69, 9.17) is 11.6 Å². The number of hydrogen-bond acceptors (Lipinski definition) is 4. The van der Waals surface area contributed by atoms with E-state index in [-0.39, 0.29) is 10.6 Å². The van der Waals surface area contributed by atoms with Gasteiger partial charge in [-0.2, -0.15) is 5.10 Å². The van der Waals surface area contributed by atoms with Gasteiger partial charge in [-0.3, -0.25) is 4.79 Å². The maximum atomic E-state index is 11.4. The van der Waals surface area contributed by atoms with Crippen LogP contribution in [0.3, 0.4) is 0 Å². The van der Waals surface area contributed by atoms with Gasteiger partial charge in [0.1, 0.15) is 5.02 Å². The van der Waals surface area contributed by atoms with Gasteiger partial charge in [-0.15, -0.1) is 0 Å². The first kappa shape index (κ1) is 11.0. The van der Waals surface area contributed by atoms with Crippen LogP contribution in [0.2, 0.25) is 5.02 Å². The molecule has 0 radical (unpaired) electrons. The van der Waals surface area contributed by atoms with Crippen LogP contribution in [-0.4, -0.2) is 35.9 Å². The Bertz CT molecular complexity index is 461. The molecule has 0 aromatic carbocycles. The van der Waals surface area contributed by atoms with Crippen LogP contribution in [0.5, 0.6) is 0 Å². The number of H-pyrrole nitrogens is 1. The fourth-order valence-corrected chi connectivity index (χ4v) is 3.05. The summed E-state index contributed by atoms with van der Waals surface area (Å²) in [5.74, 6) is 0.666. The van der Waals surface area contributed by atoms with Crippen molar-refractivity contribution in [3.05, 3.63) is 21.6 Å². The summed E-state index contributed by atoms with van der Waals surface area (Å²) >= 11 is 6.02. The number of rotatable bonds is 1. The lowest BCUT2D eigenvalue weighted by atomic mass is 9.94. The van der Waals surface area contributed by atoms with E-state index < -0.39 is 0 Å². The van der Waals surface area contributed by atoms with Crippen LogP contribution < -0.4 is 15.8 Å². The summed E-state index contributed by atoms with van der Waals surface area (Å²) in [6.45, 7) is 2.97. The van der Waals surface area contributed by atoms with Crippen molar-refractivity contribution in [3.8, 4) is 0 Å². The number of nitrogens with one attached hydrogen (secondary N) is 2. The first-order valence-corrected chi connectivity index (χ1v) is 6.35. The van der Waals surface area contributed by atoms with Gasteiger partial charge < -0.3 is 10.2 Å². The number of fused-ring (bicyclic) bond motifs is 1. The predicted octanol–water partition coefficient (Wildman–Crippen LogP) is 0.611. The van der Waals surface area contributed by atoms with E-state index in [0.717, 1.165) is 25.3 Å². The summed E-state index contributed by atoms with van der Waals surface area (Å²) in [5, 5.41) is 9.94. The Kier molecular flexibility index (Phi) is 2.80. The lowest BCUT2D eigenvalue weighted by Gasteiger charge is -2.24. The minimum absolute atomic E-state index is 0.249. The van der Waals surface area contributed by atoms with Crippen molar-refractivity contribution >= 4 is 17.3 Å². The van der Waals surface area contributed by atoms with Gasteiger partial charge >= 0.3 is 0 Å². The number of aromatic nitrogens is 2. The lowest BCUT2D eigenvalue weighted by Crippen LogP contribution is -2.40. The predicted molar refractivity (Wildman–Crippen MR) is 66.6 cm³/mol. The molecule has 2 N–H and O–H groups in total. The average Bonchev–Trinajstić information content (AvgIpc) is 2.76. The third-order valence-electron chi connectivity index (χ3n) is 3.72. The van der Waals surface area contributed by atoms with E-state index in [2.05, 4.69) is 20.4 Å². The van der Waals surface area contributed by atoms with Gasteiger partial charge in [0.25, 0.3) is 5.56 Å². The number of aromatic amines is 1. The zero-order valence-electron chi connectivity index (χ0n) is 9.45. The second-order valence-corrected chi connectivity index (χ2v) is 5.14. The maximum Gasteiger partial charge on any atom is 0.285 e. The number of piperidine rings is 1. The van der Waals surface area contributed by atoms with Crippen LogP contribution in [0, 0.1) is 5.92 Å². The van der Waals surface area contributed by atoms with Crippen LogP contribution >= 0.6 is 11.6 Å². The minimum Gasteiger partial charge on any atom is -0.367 e. The largest absolute Gasteiger partial charge is 0.367 e. The van der Waals surface area contributed by atoms with Crippen molar-refractivity contribution in [2.45, 2.75) is 18.9 Å². The van der Waals surface area contributed by atoms with E-state index in [1.54, 1.807) is 6.20 Å². The smallest absolute Gasteiger partial charge is 0.285 e. The Morgan fingerprint density at radius 3 is 3.18 bits per heavy atom. The molecule has 2 saturated heterocycles. The van der Waals surface area contributed by atoms with E-state index in [1.165, 1.54) is 12.8 Å². The Balaban J connectivity index is 1.86. The van der Waals surface area contributed by atoms with E-state index in [9.17, 15) is 4.79 Å². The summed E-state index contributed by atoms with van der Waals surface area (Å²) in [4.78, 5) is 13.6. The first-order valence-electron chi connectivity index (χ1n) is 5.97. The summed E-state index contributed by atoms with van der Waals surface area (Å²) in [6, 6.07) is 0.527. The van der Waals surface area contributed by atoms with Crippen molar-refractivity contribution in [3.63, 3.8) is 0 Å². The molecule has 5 nitrogen and oxygen atoms in total. The first-order chi connectivity index (χ1) is 8.25. The Morgan fingerprint density at radius 2 is 2.35 bits per heavy atom. The molecule has 1 aromatic rings. The molecule has 17 heavy (non-hydrogen) atoms. The minimum atomic E-state index is -0.313. The van der Waals surface area contributed by atoms with Crippen molar-refractivity contribution in [1.82, 2.24) is 15.5 Å². The van der Waals surface area contributed by atoms with E-state index in [0.29, 0.717) is 12.0 Å². The molecule has 0 unspecified atom stereocenters. The molecule has 92 valence electrons. The molecule has 0 bridgehead atoms. The highest BCUT2D eigenvalue weighted by molar-refractivity contribution is 6.33. The zero-order valence-corrected chi connectivity index (χ0v) is 10.2. The number of nitrogens with zero attached hydrogens (tertiary/aromatic N) is 2. The van der Waals surface area contributed by atoms with Crippen LogP contribution in [0.25, 0.3) is 0 Å². The Hall–Kier alpha value is -1.07. The highest BCUT2D eigenvalue weighted by Gasteiger charge is 2.35. The highest BCUT2D eigenvalue weighted by atomic mass is 35.5. The van der Waals surface area contributed by atoms with E-state index in [1.807, 2.05) is 0 Å². The van der Waals surface area contributed by atoms with Gasteiger partial charge in [-0.25, -0.2) is 5.10 Å². The molecule has 0 saturated carbocycles. The number of hydrogen-bond donors (Lipinski definition) is 2. The molecule has 1 aromatic heterocycles. The zero-order chi connectivity index (χ0) is 11.8. The molecule has 0 aliphatic carbocycles. The second kappa shape index (κ2) is 4.31. The van der Waals surface area contributed by atoms with Crippen molar-refractivity contribution < 1.29 is 0 Å². The molecule has 2 fully saturated rings. The van der Waals surface area contributed by atoms with Crippen molar-refractivity contribution in [1.29, 1.82) is 0 Å². The van der Waals surface area contributed by atoms with Gasteiger partial charge in [-0.05, 0) is 25.3 Å². The van der Waals surface area contributed by atoms with Crippen LogP contribution in [0.1, 0.15) is 12.8 Å². The third kappa shape index (κ3) is 1.93. The van der Waals surface area contributed by atoms with Crippen LogP contribution in [0.4, 0.5) is 5.69 Å². The van der Waals surface area contributed by atoms with Gasteiger partial charge in [0.05, 0.1) is 11.9 Å². The van der Waals surface area contributed by atoms with Crippen LogP contribution in [-0.2, 0) is 0 Å². The molecular weight excluding hydrogens is 240 g/mol. The van der Waals surface area contributed by atoms with Gasteiger partial charge in [-0.1, -0.05) is 11.6 Å². The average molecular weight is 255 g/mol. The molecule has 2 aliphatic rings. The fraction of sp³-hybridized carbons (Fsp3) is 0.636. The second-order valence-electron chi connectivity index (χ2n) is 4.77. The maximum absolute atomic E-state index is 11.4. The van der Waals surface area contributed by atoms with Gasteiger partial charge in [0.2, 0.25) is 0 Å². The van der Waals surface area contributed by atoms with Crippen molar-refractivity contribution in [2.75, 3.05) is 24.5 Å². The van der Waals surface area contributed by atoms with Gasteiger partial charge in [0.15, 0.2) is 0 Å².